The van der Waals surface area contributed by atoms with Gasteiger partial charge in [0.1, 0.15) is 0 Å². The van der Waals surface area contributed by atoms with Crippen molar-refractivity contribution in [3.05, 3.63) is 30.3 Å². The van der Waals surface area contributed by atoms with Crippen molar-refractivity contribution in [1.29, 1.82) is 0 Å². The number of amides is 1. The molecule has 1 aromatic rings. The summed E-state index contributed by atoms with van der Waals surface area (Å²) in [5.41, 5.74) is 0.844. The van der Waals surface area contributed by atoms with Crippen LogP contribution < -0.4 is 10.2 Å². The Hall–Kier alpha value is -1.45. The van der Waals surface area contributed by atoms with Crippen molar-refractivity contribution in [3.63, 3.8) is 0 Å². The van der Waals surface area contributed by atoms with Gasteiger partial charge < -0.3 is 15.3 Å². The average molecular weight is 635 g/mol. The Morgan fingerprint density at radius 2 is 1.52 bits per heavy atom. The summed E-state index contributed by atoms with van der Waals surface area (Å²) in [6, 6.07) is 9.79. The van der Waals surface area contributed by atoms with Crippen molar-refractivity contribution in [1.82, 2.24) is 5.32 Å². The summed E-state index contributed by atoms with van der Waals surface area (Å²) in [6.07, 6.45) is 19.0. The normalized spacial score (nSPS) is 17.8. The number of hydrogen-bond acceptors (Lipinski definition) is 3. The predicted octanol–water partition coefficient (Wildman–Crippen LogP) is 11.4. The van der Waals surface area contributed by atoms with Gasteiger partial charge in [-0.05, 0) is 95.7 Å². The molecule has 6 heteroatoms. The summed E-state index contributed by atoms with van der Waals surface area (Å²) in [4.78, 5) is 24.2. The molecule has 5 unspecified atom stereocenters. The first-order valence-corrected chi connectivity index (χ1v) is 19.2. The molecule has 1 amide bonds. The maximum absolute atomic E-state index is 12.1. The van der Waals surface area contributed by atoms with E-state index in [2.05, 4.69) is 46.9 Å². The van der Waals surface area contributed by atoms with E-state index in [4.69, 9.17) is 5.11 Å². The van der Waals surface area contributed by atoms with E-state index in [0.717, 1.165) is 55.5 Å². The van der Waals surface area contributed by atoms with Gasteiger partial charge in [0.05, 0.1) is 0 Å². The number of nitrogens with zero attached hydrogens (tertiary/aromatic N) is 1. The minimum Gasteiger partial charge on any atom is -0.478 e. The van der Waals surface area contributed by atoms with E-state index in [-0.39, 0.29) is 20.4 Å². The van der Waals surface area contributed by atoms with Gasteiger partial charge in [0, 0.05) is 18.7 Å². The molecule has 0 aliphatic heterocycles. The van der Waals surface area contributed by atoms with Crippen LogP contribution in [0, 0.1) is 23.7 Å². The van der Waals surface area contributed by atoms with Crippen molar-refractivity contribution >= 4 is 25.9 Å². The lowest BCUT2D eigenvalue weighted by Crippen LogP contribution is -2.31. The van der Waals surface area contributed by atoms with Crippen LogP contribution in [0.25, 0.3) is 0 Å². The molecule has 1 fully saturated rings. The molecule has 0 aromatic heterocycles. The number of hydrogen-bond donors (Lipinski definition) is 2. The molecule has 44 heavy (non-hydrogen) atoms. The lowest BCUT2D eigenvalue weighted by molar-refractivity contribution is -0.121. The lowest BCUT2D eigenvalue weighted by Gasteiger charge is -2.24. The van der Waals surface area contributed by atoms with Gasteiger partial charge in [-0.2, -0.15) is 0 Å². The van der Waals surface area contributed by atoms with E-state index in [1.165, 1.54) is 77.3 Å². The van der Waals surface area contributed by atoms with Crippen molar-refractivity contribution in [2.24, 2.45) is 23.7 Å². The molecule has 5 nitrogen and oxygen atoms in total. The third-order valence-electron chi connectivity index (χ3n) is 8.77. The lowest BCUT2D eigenvalue weighted by atomic mass is 9.90. The second kappa shape index (κ2) is 27.8. The van der Waals surface area contributed by atoms with Crippen LogP contribution >= 0.6 is 8.58 Å². The number of unbranched alkanes of at least 4 members (excludes halogenated alkanes) is 3. The Kier molecular flexibility index (Phi) is 26.9. The summed E-state index contributed by atoms with van der Waals surface area (Å²) >= 11 is 0. The van der Waals surface area contributed by atoms with E-state index in [1.54, 1.807) is 4.90 Å². The van der Waals surface area contributed by atoms with Gasteiger partial charge in [-0.15, -0.1) is 0 Å². The van der Waals surface area contributed by atoms with Crippen LogP contribution in [0.4, 0.5) is 10.5 Å². The second-order valence-corrected chi connectivity index (χ2v) is 14.9. The first-order chi connectivity index (χ1) is 21.1. The number of carbonyl (C=O) groups excluding carboxylic acids is 1. The number of anilines is 1. The Morgan fingerprint density at radius 1 is 0.886 bits per heavy atom. The molecule has 2 rings (SSSR count). The second-order valence-electron chi connectivity index (χ2n) is 13.4. The topological polar surface area (TPSA) is 69.6 Å². The highest BCUT2D eigenvalue weighted by Gasteiger charge is 2.21. The molecular weight excluding hydrogens is 563 g/mol. The first kappa shape index (κ1) is 42.6. The fraction of sp³-hybridized carbons (Fsp3) is 0.789. The Labute approximate surface area is 274 Å². The number of carbonyl (C=O) groups is 2. The van der Waals surface area contributed by atoms with E-state index >= 15 is 0 Å². The maximum atomic E-state index is 12.1. The SMILES string of the molecule is CC1CCCC(PC(=O)O)C1.CCCCC(C)C(=O)N(C)c1ccccc1.CCCCCC(C)CNCC(CCC)CCC. The minimum atomic E-state index is -0.607. The largest absolute Gasteiger partial charge is 0.478 e. The van der Waals surface area contributed by atoms with Gasteiger partial charge in [0.2, 0.25) is 5.91 Å². The molecule has 256 valence electrons. The van der Waals surface area contributed by atoms with Crippen LogP contribution in [-0.4, -0.2) is 42.5 Å². The predicted molar refractivity (Wildman–Crippen MR) is 196 cm³/mol. The number of nitrogens with one attached hydrogen (secondary N) is 1. The fourth-order valence-corrected chi connectivity index (χ4v) is 7.24. The molecule has 1 aromatic carbocycles. The van der Waals surface area contributed by atoms with E-state index < -0.39 is 5.71 Å². The molecule has 1 saturated carbocycles. The Morgan fingerprint density at radius 3 is 2.07 bits per heavy atom. The zero-order valence-corrected chi connectivity index (χ0v) is 31.0. The van der Waals surface area contributed by atoms with Crippen molar-refractivity contribution in [2.75, 3.05) is 25.0 Å². The molecule has 0 bridgehead atoms. The molecule has 2 N–H and O–H groups in total. The van der Waals surface area contributed by atoms with Gasteiger partial charge in [-0.25, -0.2) is 4.79 Å². The molecule has 0 heterocycles. The number of carboxylic acid groups (broad SMARTS) is 1. The molecule has 5 atom stereocenters. The summed E-state index contributed by atoms with van der Waals surface area (Å²) < 4.78 is 0. The summed E-state index contributed by atoms with van der Waals surface area (Å²) in [7, 11) is 1.99. The highest BCUT2D eigenvalue weighted by Crippen LogP contribution is 2.35. The molecule has 0 saturated heterocycles. The monoisotopic (exact) mass is 635 g/mol. The van der Waals surface area contributed by atoms with E-state index in [9.17, 15) is 9.59 Å². The summed E-state index contributed by atoms with van der Waals surface area (Å²) in [5, 5.41) is 12.2. The molecule has 1 aliphatic carbocycles. The Balaban J connectivity index is 0.000000644. The van der Waals surface area contributed by atoms with Crippen LogP contribution in [0.1, 0.15) is 145 Å². The van der Waals surface area contributed by atoms with E-state index in [1.807, 2.05) is 44.3 Å². The van der Waals surface area contributed by atoms with Gasteiger partial charge in [0.25, 0.3) is 0 Å². The highest BCUT2D eigenvalue weighted by molar-refractivity contribution is 7.57. The van der Waals surface area contributed by atoms with Crippen LogP contribution in [0.2, 0.25) is 0 Å². The first-order valence-electron chi connectivity index (χ1n) is 18.1. The van der Waals surface area contributed by atoms with Crippen LogP contribution in [-0.2, 0) is 4.79 Å². The van der Waals surface area contributed by atoms with Gasteiger partial charge in [0.15, 0.2) is 0 Å². The Bertz CT molecular complexity index is 816. The van der Waals surface area contributed by atoms with Crippen molar-refractivity contribution in [3.8, 4) is 0 Å². The summed E-state index contributed by atoms with van der Waals surface area (Å²) in [6.45, 7) is 18.1. The van der Waals surface area contributed by atoms with Crippen molar-refractivity contribution in [2.45, 2.75) is 150 Å². The van der Waals surface area contributed by atoms with E-state index in [0.29, 0.717) is 5.66 Å². The third-order valence-corrected chi connectivity index (χ3v) is 9.95. The molecule has 0 radical (unpaired) electrons. The van der Waals surface area contributed by atoms with Crippen LogP contribution in [0.15, 0.2) is 30.3 Å². The minimum absolute atomic E-state index is 0.116. The zero-order valence-electron chi connectivity index (χ0n) is 30.0. The molecule has 0 spiro atoms. The smallest absolute Gasteiger partial charge is 0.320 e. The summed E-state index contributed by atoms with van der Waals surface area (Å²) in [5.74, 6) is 2.84. The van der Waals surface area contributed by atoms with Gasteiger partial charge >= 0.3 is 5.71 Å². The third kappa shape index (κ3) is 22.1. The van der Waals surface area contributed by atoms with Crippen LogP contribution in [0.5, 0.6) is 0 Å². The standard InChI is InChI=1S/C16H35N.C14H21NO.C8H15O2P/c1-5-8-9-12-15(4)13-17-14-16(10-6-2)11-7-3;1-4-5-9-12(2)14(16)15(3)13-10-7-6-8-11-13;1-6-3-2-4-7(5-6)11-8(9)10/h15-17H,5-14H2,1-4H3;6-8,10-12H,4-5,9H2,1-3H3;6-7,11H,2-5H2,1H3,(H,9,10). The zero-order chi connectivity index (χ0) is 33.2. The molecule has 1 aliphatic rings. The fourth-order valence-electron chi connectivity index (χ4n) is 6.03. The van der Waals surface area contributed by atoms with Crippen LogP contribution in [0.3, 0.4) is 0 Å². The quantitative estimate of drug-likeness (QED) is 0.117. The van der Waals surface area contributed by atoms with Gasteiger partial charge in [-0.3, -0.25) is 4.79 Å². The van der Waals surface area contributed by atoms with Crippen molar-refractivity contribution < 1.29 is 14.7 Å². The molecular formula is C38H71N2O3P. The average Bonchev–Trinajstić information content (AvgIpc) is 3.00. The maximum Gasteiger partial charge on any atom is 0.320 e. The number of rotatable bonds is 19. The van der Waals surface area contributed by atoms with Gasteiger partial charge in [-0.1, -0.05) is 124 Å². The highest BCUT2D eigenvalue weighted by atomic mass is 31.1. The number of benzene rings is 1. The number of para-hydroxylation sites is 1.